The standard InChI is InChI=1S/C13H20O3/c1-2-3-4-5-7-8-6-9-10(7)13(15)16-12(9)11(8)14/h7-12,14H,2-6H2,1H3. The molecule has 0 aromatic rings. The minimum Gasteiger partial charge on any atom is -0.459 e. The Kier molecular flexibility index (Phi) is 2.46. The molecule has 0 aromatic heterocycles. The van der Waals surface area contributed by atoms with Crippen molar-refractivity contribution in [1.82, 2.24) is 0 Å². The van der Waals surface area contributed by atoms with E-state index in [4.69, 9.17) is 4.74 Å². The Hall–Kier alpha value is -0.570. The van der Waals surface area contributed by atoms with E-state index in [-0.39, 0.29) is 24.1 Å². The Morgan fingerprint density at radius 3 is 2.94 bits per heavy atom. The summed E-state index contributed by atoms with van der Waals surface area (Å²) in [7, 11) is 0. The van der Waals surface area contributed by atoms with Gasteiger partial charge in [0, 0.05) is 5.92 Å². The summed E-state index contributed by atoms with van der Waals surface area (Å²) in [5, 5.41) is 10.1. The SMILES string of the molecule is CCCCCC1C2CC3C(OC(=O)C13)C2O. The number of aliphatic hydroxyl groups is 1. The first-order valence-corrected chi connectivity index (χ1v) is 6.62. The molecule has 0 amide bonds. The average molecular weight is 224 g/mol. The molecule has 6 atom stereocenters. The highest BCUT2D eigenvalue weighted by atomic mass is 16.6. The lowest BCUT2D eigenvalue weighted by atomic mass is 9.76. The molecule has 2 saturated carbocycles. The predicted octanol–water partition coefficient (Wildman–Crippen LogP) is 1.74. The Morgan fingerprint density at radius 1 is 1.38 bits per heavy atom. The summed E-state index contributed by atoms with van der Waals surface area (Å²) in [4.78, 5) is 11.7. The maximum atomic E-state index is 11.7. The van der Waals surface area contributed by atoms with Gasteiger partial charge in [-0.05, 0) is 24.7 Å². The van der Waals surface area contributed by atoms with E-state index in [2.05, 4.69) is 6.92 Å². The summed E-state index contributed by atoms with van der Waals surface area (Å²) < 4.78 is 5.30. The topological polar surface area (TPSA) is 46.5 Å². The molecule has 0 aromatic carbocycles. The normalized spacial score (nSPS) is 48.8. The third-order valence-electron chi connectivity index (χ3n) is 4.88. The number of carbonyl (C=O) groups is 1. The Labute approximate surface area is 96.2 Å². The van der Waals surface area contributed by atoms with Crippen LogP contribution in [0.2, 0.25) is 0 Å². The monoisotopic (exact) mass is 224 g/mol. The average Bonchev–Trinajstić information content (AvgIpc) is 2.84. The molecule has 1 saturated heterocycles. The van der Waals surface area contributed by atoms with Crippen molar-refractivity contribution in [3.05, 3.63) is 0 Å². The van der Waals surface area contributed by atoms with Gasteiger partial charge in [0.15, 0.2) is 0 Å². The van der Waals surface area contributed by atoms with Gasteiger partial charge in [-0.25, -0.2) is 0 Å². The van der Waals surface area contributed by atoms with E-state index in [1.165, 1.54) is 19.3 Å². The molecule has 1 aliphatic heterocycles. The van der Waals surface area contributed by atoms with Gasteiger partial charge in [-0.1, -0.05) is 26.2 Å². The highest BCUT2D eigenvalue weighted by molar-refractivity contribution is 5.77. The molecule has 3 heteroatoms. The van der Waals surface area contributed by atoms with Gasteiger partial charge in [-0.2, -0.15) is 0 Å². The number of unbranched alkanes of at least 4 members (excludes halogenated alkanes) is 2. The summed E-state index contributed by atoms with van der Waals surface area (Å²) >= 11 is 0. The molecule has 2 bridgehead atoms. The van der Waals surface area contributed by atoms with Crippen molar-refractivity contribution in [1.29, 1.82) is 0 Å². The van der Waals surface area contributed by atoms with Crippen molar-refractivity contribution in [3.63, 3.8) is 0 Å². The van der Waals surface area contributed by atoms with Crippen molar-refractivity contribution >= 4 is 5.97 Å². The molecule has 6 unspecified atom stereocenters. The van der Waals surface area contributed by atoms with Crippen LogP contribution < -0.4 is 0 Å². The summed E-state index contributed by atoms with van der Waals surface area (Å²) in [6.45, 7) is 2.19. The van der Waals surface area contributed by atoms with Crippen molar-refractivity contribution < 1.29 is 14.6 Å². The van der Waals surface area contributed by atoms with Crippen LogP contribution in [0.1, 0.15) is 39.0 Å². The second-order valence-electron chi connectivity index (χ2n) is 5.64. The molecule has 3 rings (SSSR count). The zero-order valence-corrected chi connectivity index (χ0v) is 9.76. The second kappa shape index (κ2) is 3.73. The minimum atomic E-state index is -0.376. The lowest BCUT2D eigenvalue weighted by Gasteiger charge is -2.28. The molecule has 90 valence electrons. The number of fused-ring (bicyclic) bond motifs is 1. The van der Waals surface area contributed by atoms with Gasteiger partial charge in [-0.3, -0.25) is 4.79 Å². The first kappa shape index (κ1) is 10.6. The summed E-state index contributed by atoms with van der Waals surface area (Å²) in [5.74, 6) is 1.16. The first-order chi connectivity index (χ1) is 7.74. The molecular weight excluding hydrogens is 204 g/mol. The maximum absolute atomic E-state index is 11.7. The van der Waals surface area contributed by atoms with Crippen LogP contribution in [0.5, 0.6) is 0 Å². The van der Waals surface area contributed by atoms with Crippen LogP contribution in [0.3, 0.4) is 0 Å². The fourth-order valence-corrected chi connectivity index (χ4v) is 4.19. The fraction of sp³-hybridized carbons (Fsp3) is 0.923. The molecule has 0 spiro atoms. The van der Waals surface area contributed by atoms with Gasteiger partial charge in [-0.15, -0.1) is 0 Å². The van der Waals surface area contributed by atoms with Crippen LogP contribution >= 0.6 is 0 Å². The molecule has 16 heavy (non-hydrogen) atoms. The van der Waals surface area contributed by atoms with Crippen LogP contribution in [-0.2, 0) is 9.53 Å². The van der Waals surface area contributed by atoms with E-state index < -0.39 is 0 Å². The van der Waals surface area contributed by atoms with E-state index in [9.17, 15) is 9.90 Å². The zero-order chi connectivity index (χ0) is 11.3. The Morgan fingerprint density at radius 2 is 2.19 bits per heavy atom. The molecule has 0 radical (unpaired) electrons. The lowest BCUT2D eigenvalue weighted by Crippen LogP contribution is -2.37. The van der Waals surface area contributed by atoms with Crippen molar-refractivity contribution in [2.75, 3.05) is 0 Å². The van der Waals surface area contributed by atoms with E-state index in [0.717, 1.165) is 12.8 Å². The van der Waals surface area contributed by atoms with E-state index in [1.54, 1.807) is 0 Å². The molecule has 3 fully saturated rings. The maximum Gasteiger partial charge on any atom is 0.310 e. The fourth-order valence-electron chi connectivity index (χ4n) is 4.19. The third-order valence-corrected chi connectivity index (χ3v) is 4.88. The highest BCUT2D eigenvalue weighted by Gasteiger charge is 2.65. The van der Waals surface area contributed by atoms with Crippen LogP contribution in [0.15, 0.2) is 0 Å². The number of hydrogen-bond donors (Lipinski definition) is 1. The van der Waals surface area contributed by atoms with E-state index in [0.29, 0.717) is 17.8 Å². The molecule has 3 nitrogen and oxygen atoms in total. The quantitative estimate of drug-likeness (QED) is 0.584. The lowest BCUT2D eigenvalue weighted by molar-refractivity contribution is -0.146. The largest absolute Gasteiger partial charge is 0.459 e. The number of aliphatic hydroxyl groups excluding tert-OH is 1. The van der Waals surface area contributed by atoms with Crippen LogP contribution in [-0.4, -0.2) is 23.3 Å². The van der Waals surface area contributed by atoms with E-state index in [1.807, 2.05) is 0 Å². The molecule has 3 aliphatic rings. The van der Waals surface area contributed by atoms with Crippen LogP contribution in [0, 0.1) is 23.7 Å². The van der Waals surface area contributed by atoms with Gasteiger partial charge in [0.05, 0.1) is 12.0 Å². The summed E-state index contributed by atoms with van der Waals surface area (Å²) in [6.07, 6.45) is 5.20. The summed E-state index contributed by atoms with van der Waals surface area (Å²) in [6, 6.07) is 0. The van der Waals surface area contributed by atoms with Crippen LogP contribution in [0.25, 0.3) is 0 Å². The number of carbonyl (C=O) groups excluding carboxylic acids is 1. The number of hydrogen-bond acceptors (Lipinski definition) is 3. The Balaban J connectivity index is 1.73. The van der Waals surface area contributed by atoms with E-state index >= 15 is 0 Å². The predicted molar refractivity (Wildman–Crippen MR) is 58.6 cm³/mol. The van der Waals surface area contributed by atoms with Crippen molar-refractivity contribution in [2.45, 2.75) is 51.2 Å². The molecular formula is C13H20O3. The second-order valence-corrected chi connectivity index (χ2v) is 5.64. The smallest absolute Gasteiger partial charge is 0.310 e. The minimum absolute atomic E-state index is 0.0319. The molecule has 1 N–H and O–H groups in total. The van der Waals surface area contributed by atoms with Crippen LogP contribution in [0.4, 0.5) is 0 Å². The van der Waals surface area contributed by atoms with Gasteiger partial charge in [0.1, 0.15) is 6.10 Å². The number of ether oxygens (including phenoxy) is 1. The van der Waals surface area contributed by atoms with Gasteiger partial charge in [0.25, 0.3) is 0 Å². The first-order valence-electron chi connectivity index (χ1n) is 6.62. The van der Waals surface area contributed by atoms with Gasteiger partial charge in [0.2, 0.25) is 0 Å². The van der Waals surface area contributed by atoms with Crippen molar-refractivity contribution in [2.24, 2.45) is 23.7 Å². The number of rotatable bonds is 4. The number of esters is 1. The van der Waals surface area contributed by atoms with Gasteiger partial charge >= 0.3 is 5.97 Å². The highest BCUT2D eigenvalue weighted by Crippen LogP contribution is 2.58. The zero-order valence-electron chi connectivity index (χ0n) is 9.76. The molecule has 2 aliphatic carbocycles. The Bertz CT molecular complexity index is 302. The molecule has 1 heterocycles. The van der Waals surface area contributed by atoms with Crippen molar-refractivity contribution in [3.8, 4) is 0 Å². The summed E-state index contributed by atoms with van der Waals surface area (Å²) in [5.41, 5.74) is 0. The van der Waals surface area contributed by atoms with Gasteiger partial charge < -0.3 is 9.84 Å². The third kappa shape index (κ3) is 1.27.